The van der Waals surface area contributed by atoms with Crippen molar-refractivity contribution < 1.29 is 9.15 Å². The molecule has 1 aromatic heterocycles. The molecule has 1 aromatic carbocycles. The van der Waals surface area contributed by atoms with E-state index in [4.69, 9.17) is 9.15 Å². The zero-order valence-electron chi connectivity index (χ0n) is 10.2. The number of halogens is 1. The summed E-state index contributed by atoms with van der Waals surface area (Å²) >= 11 is 3.71. The maximum absolute atomic E-state index is 5.40. The van der Waals surface area contributed by atoms with Gasteiger partial charge in [-0.05, 0) is 26.0 Å². The summed E-state index contributed by atoms with van der Waals surface area (Å²) in [7, 11) is 1.69. The topological polar surface area (TPSA) is 22.4 Å². The number of hydrogen-bond donors (Lipinski definition) is 0. The average molecular weight is 295 g/mol. The van der Waals surface area contributed by atoms with E-state index in [2.05, 4.69) is 28.9 Å². The van der Waals surface area contributed by atoms with Crippen LogP contribution < -0.4 is 4.74 Å². The third-order valence-corrected chi connectivity index (χ3v) is 3.82. The highest BCUT2D eigenvalue weighted by molar-refractivity contribution is 9.09. The number of hydrogen-bond acceptors (Lipinski definition) is 2. The van der Waals surface area contributed by atoms with Crippen LogP contribution in [0.5, 0.6) is 5.75 Å². The van der Waals surface area contributed by atoms with Crippen molar-refractivity contribution >= 4 is 15.9 Å². The van der Waals surface area contributed by atoms with Gasteiger partial charge in [0.05, 0.1) is 18.2 Å². The number of alkyl halides is 1. The molecule has 0 aliphatic carbocycles. The second kappa shape index (κ2) is 4.96. The predicted molar refractivity (Wildman–Crippen MR) is 71.9 cm³/mol. The van der Waals surface area contributed by atoms with Crippen molar-refractivity contribution in [2.75, 3.05) is 7.11 Å². The number of benzene rings is 1. The smallest absolute Gasteiger partial charge is 0.123 e. The minimum absolute atomic E-state index is 0.0936. The summed E-state index contributed by atoms with van der Waals surface area (Å²) < 4.78 is 10.7. The maximum Gasteiger partial charge on any atom is 0.123 e. The molecule has 0 bridgehead atoms. The highest BCUT2D eigenvalue weighted by Gasteiger charge is 2.18. The van der Waals surface area contributed by atoms with E-state index in [9.17, 15) is 0 Å². The lowest BCUT2D eigenvalue weighted by Gasteiger charge is -2.14. The van der Waals surface area contributed by atoms with Gasteiger partial charge in [-0.15, -0.1) is 0 Å². The van der Waals surface area contributed by atoms with E-state index in [0.717, 1.165) is 22.6 Å². The average Bonchev–Trinajstić information content (AvgIpc) is 2.74. The molecule has 0 saturated carbocycles. The molecule has 0 N–H and O–H groups in total. The molecule has 0 aliphatic heterocycles. The second-order valence-electron chi connectivity index (χ2n) is 4.04. The quantitative estimate of drug-likeness (QED) is 0.784. The van der Waals surface area contributed by atoms with Gasteiger partial charge in [-0.25, -0.2) is 0 Å². The molecule has 17 heavy (non-hydrogen) atoms. The Balaban J connectivity index is 2.46. The van der Waals surface area contributed by atoms with Crippen LogP contribution in [0.4, 0.5) is 0 Å². The molecule has 2 nitrogen and oxygen atoms in total. The zero-order valence-corrected chi connectivity index (χ0v) is 11.7. The molecular formula is C14H15BrO2. The van der Waals surface area contributed by atoms with Crippen LogP contribution in [0, 0.1) is 13.8 Å². The molecule has 0 aliphatic rings. The van der Waals surface area contributed by atoms with Gasteiger partial charge in [-0.2, -0.15) is 0 Å². The Morgan fingerprint density at radius 2 is 1.94 bits per heavy atom. The molecule has 0 radical (unpaired) electrons. The number of ether oxygens (including phenoxy) is 1. The summed E-state index contributed by atoms with van der Waals surface area (Å²) in [5.41, 5.74) is 3.47. The van der Waals surface area contributed by atoms with Gasteiger partial charge in [0.1, 0.15) is 11.5 Å². The van der Waals surface area contributed by atoms with Crippen molar-refractivity contribution in [3.05, 3.63) is 53.0 Å². The normalized spacial score (nSPS) is 12.5. The maximum atomic E-state index is 5.40. The molecular weight excluding hydrogens is 280 g/mol. The standard InChI is InChI=1S/C14H15BrO2/c1-9-4-5-13(16-3)12(8-9)14(15)11-6-7-17-10(11)2/h4-8,14H,1-3H3. The van der Waals surface area contributed by atoms with E-state index >= 15 is 0 Å². The molecule has 0 spiro atoms. The minimum atomic E-state index is 0.0936. The Hall–Kier alpha value is -1.22. The van der Waals surface area contributed by atoms with Gasteiger partial charge in [0.25, 0.3) is 0 Å². The van der Waals surface area contributed by atoms with Crippen LogP contribution >= 0.6 is 15.9 Å². The van der Waals surface area contributed by atoms with E-state index < -0.39 is 0 Å². The largest absolute Gasteiger partial charge is 0.496 e. The molecule has 1 atom stereocenters. The molecule has 90 valence electrons. The van der Waals surface area contributed by atoms with Crippen LogP contribution in [0.1, 0.15) is 27.3 Å². The molecule has 0 amide bonds. The van der Waals surface area contributed by atoms with Crippen molar-refractivity contribution in [3.8, 4) is 5.75 Å². The van der Waals surface area contributed by atoms with Crippen molar-refractivity contribution in [1.82, 2.24) is 0 Å². The van der Waals surface area contributed by atoms with Gasteiger partial charge in [-0.3, -0.25) is 0 Å². The van der Waals surface area contributed by atoms with Gasteiger partial charge >= 0.3 is 0 Å². The van der Waals surface area contributed by atoms with Crippen molar-refractivity contribution in [2.24, 2.45) is 0 Å². The van der Waals surface area contributed by atoms with Crippen LogP contribution in [0.3, 0.4) is 0 Å². The van der Waals surface area contributed by atoms with Crippen LogP contribution in [-0.2, 0) is 0 Å². The Morgan fingerprint density at radius 1 is 1.18 bits per heavy atom. The van der Waals surface area contributed by atoms with Gasteiger partial charge in [-0.1, -0.05) is 33.6 Å². The molecule has 1 unspecified atom stereocenters. The SMILES string of the molecule is COc1ccc(C)cc1C(Br)c1ccoc1C. The first-order valence-corrected chi connectivity index (χ1v) is 6.37. The van der Waals surface area contributed by atoms with Crippen molar-refractivity contribution in [1.29, 1.82) is 0 Å². The van der Waals surface area contributed by atoms with Gasteiger partial charge in [0, 0.05) is 11.1 Å². The van der Waals surface area contributed by atoms with E-state index in [-0.39, 0.29) is 4.83 Å². The molecule has 2 rings (SSSR count). The third kappa shape index (κ3) is 2.39. The first-order valence-electron chi connectivity index (χ1n) is 5.46. The Labute approximate surface area is 110 Å². The number of furan rings is 1. The molecule has 1 heterocycles. The Kier molecular flexibility index (Phi) is 3.57. The third-order valence-electron chi connectivity index (χ3n) is 2.83. The van der Waals surface area contributed by atoms with E-state index in [1.165, 1.54) is 5.56 Å². The summed E-state index contributed by atoms with van der Waals surface area (Å²) in [6.45, 7) is 4.04. The summed E-state index contributed by atoms with van der Waals surface area (Å²) in [5, 5.41) is 0. The Morgan fingerprint density at radius 3 is 2.53 bits per heavy atom. The summed E-state index contributed by atoms with van der Waals surface area (Å²) in [6.07, 6.45) is 1.71. The zero-order chi connectivity index (χ0) is 12.4. The van der Waals surface area contributed by atoms with E-state index in [0.29, 0.717) is 0 Å². The van der Waals surface area contributed by atoms with Gasteiger partial charge in [0.2, 0.25) is 0 Å². The first kappa shape index (κ1) is 12.2. The monoisotopic (exact) mass is 294 g/mol. The summed E-state index contributed by atoms with van der Waals surface area (Å²) in [5.74, 6) is 1.81. The Bertz CT molecular complexity index is 517. The summed E-state index contributed by atoms with van der Waals surface area (Å²) in [4.78, 5) is 0.0936. The number of rotatable bonds is 3. The highest BCUT2D eigenvalue weighted by atomic mass is 79.9. The predicted octanol–water partition coefficient (Wildman–Crippen LogP) is 4.39. The lowest BCUT2D eigenvalue weighted by Crippen LogP contribution is -1.98. The van der Waals surface area contributed by atoms with Crippen molar-refractivity contribution in [3.63, 3.8) is 0 Å². The molecule has 0 saturated heterocycles. The van der Waals surface area contributed by atoms with Crippen LogP contribution in [0.15, 0.2) is 34.9 Å². The fourth-order valence-electron chi connectivity index (χ4n) is 1.88. The minimum Gasteiger partial charge on any atom is -0.496 e. The van der Waals surface area contributed by atoms with E-state index in [1.54, 1.807) is 13.4 Å². The molecule has 3 heteroatoms. The molecule has 0 fully saturated rings. The van der Waals surface area contributed by atoms with Gasteiger partial charge in [0.15, 0.2) is 0 Å². The molecule has 2 aromatic rings. The van der Waals surface area contributed by atoms with Crippen LogP contribution in [0.2, 0.25) is 0 Å². The lowest BCUT2D eigenvalue weighted by atomic mass is 10.0. The van der Waals surface area contributed by atoms with Crippen LogP contribution in [0.25, 0.3) is 0 Å². The number of aryl methyl sites for hydroxylation is 2. The van der Waals surface area contributed by atoms with Crippen LogP contribution in [-0.4, -0.2) is 7.11 Å². The van der Waals surface area contributed by atoms with Crippen molar-refractivity contribution in [2.45, 2.75) is 18.7 Å². The second-order valence-corrected chi connectivity index (χ2v) is 4.96. The fourth-order valence-corrected chi connectivity index (χ4v) is 2.71. The van der Waals surface area contributed by atoms with E-state index in [1.807, 2.05) is 25.1 Å². The highest BCUT2D eigenvalue weighted by Crippen LogP contribution is 2.38. The first-order chi connectivity index (χ1) is 8.13. The fraction of sp³-hybridized carbons (Fsp3) is 0.286. The summed E-state index contributed by atoms with van der Waals surface area (Å²) in [6, 6.07) is 8.15. The lowest BCUT2D eigenvalue weighted by molar-refractivity contribution is 0.410. The number of methoxy groups -OCH3 is 1. The van der Waals surface area contributed by atoms with Gasteiger partial charge < -0.3 is 9.15 Å².